The van der Waals surface area contributed by atoms with Crippen molar-refractivity contribution in [2.75, 3.05) is 18.4 Å². The van der Waals surface area contributed by atoms with Gasteiger partial charge in [0.25, 0.3) is 0 Å². The molecule has 1 aromatic heterocycles. The topological polar surface area (TPSA) is 68.6 Å². The Morgan fingerprint density at radius 3 is 2.93 bits per heavy atom. The van der Waals surface area contributed by atoms with Gasteiger partial charge < -0.3 is 15.5 Å². The van der Waals surface area contributed by atoms with Crippen molar-refractivity contribution in [3.8, 4) is 5.75 Å². The molecule has 1 aliphatic heterocycles. The Balaban J connectivity index is 1.58. The van der Waals surface area contributed by atoms with Gasteiger partial charge in [0.05, 0.1) is 11.6 Å². The number of hydrogen-bond acceptors (Lipinski definition) is 5. The van der Waals surface area contributed by atoms with Crippen molar-refractivity contribution < 1.29 is 10.2 Å². The van der Waals surface area contributed by atoms with Crippen LogP contribution in [0, 0.1) is 0 Å². The molecule has 0 saturated carbocycles. The van der Waals surface area contributed by atoms with E-state index in [2.05, 4.69) is 15.2 Å². The molecule has 1 fully saturated rings. The number of aliphatic hydroxyl groups is 1. The molecule has 1 aliphatic rings. The Morgan fingerprint density at radius 2 is 2.07 bits per heavy atom. The van der Waals surface area contributed by atoms with E-state index in [0.717, 1.165) is 47.2 Å². The average Bonchev–Trinajstić information content (AvgIpc) is 2.64. The molecular weight excluding hydrogens is 362 g/mol. The summed E-state index contributed by atoms with van der Waals surface area (Å²) in [5.74, 6) is 0.270. The molecule has 0 spiro atoms. The third kappa shape index (κ3) is 4.16. The monoisotopic (exact) mass is 383 g/mol. The molecule has 0 amide bonds. The van der Waals surface area contributed by atoms with Crippen molar-refractivity contribution in [3.05, 3.63) is 59.2 Å². The molecular formula is C21H22ClN3O2. The number of aliphatic hydroxyl groups excluding tert-OH is 1. The second-order valence-electron chi connectivity index (χ2n) is 7.02. The van der Waals surface area contributed by atoms with Gasteiger partial charge in [-0.2, -0.15) is 0 Å². The van der Waals surface area contributed by atoms with Gasteiger partial charge in [-0.15, -0.1) is 0 Å². The van der Waals surface area contributed by atoms with Gasteiger partial charge in [-0.1, -0.05) is 11.6 Å². The summed E-state index contributed by atoms with van der Waals surface area (Å²) in [4.78, 5) is 6.54. The summed E-state index contributed by atoms with van der Waals surface area (Å²) < 4.78 is 0. The molecule has 1 atom stereocenters. The number of fused-ring (bicyclic) bond motifs is 1. The second kappa shape index (κ2) is 7.72. The van der Waals surface area contributed by atoms with E-state index >= 15 is 0 Å². The van der Waals surface area contributed by atoms with Crippen LogP contribution in [0.4, 0.5) is 11.4 Å². The smallest absolute Gasteiger partial charge is 0.120 e. The van der Waals surface area contributed by atoms with E-state index in [4.69, 9.17) is 11.6 Å². The van der Waals surface area contributed by atoms with Crippen LogP contribution in [0.2, 0.25) is 5.02 Å². The summed E-state index contributed by atoms with van der Waals surface area (Å²) in [7, 11) is 0. The lowest BCUT2D eigenvalue weighted by Crippen LogP contribution is -2.37. The first kappa shape index (κ1) is 18.0. The number of β-amino-alcohol motifs (C(OH)–C–C–N with tert-alkyl or cyclic N) is 1. The molecule has 3 N–H and O–H groups in total. The minimum Gasteiger partial charge on any atom is -0.508 e. The normalized spacial score (nSPS) is 17.9. The molecule has 0 radical (unpaired) electrons. The number of rotatable bonds is 4. The van der Waals surface area contributed by atoms with E-state index < -0.39 is 0 Å². The molecule has 0 bridgehead atoms. The first-order valence-electron chi connectivity index (χ1n) is 9.12. The summed E-state index contributed by atoms with van der Waals surface area (Å²) in [6.45, 7) is 2.20. The Bertz CT molecular complexity index is 963. The van der Waals surface area contributed by atoms with E-state index in [0.29, 0.717) is 18.1 Å². The van der Waals surface area contributed by atoms with Crippen molar-refractivity contribution in [3.63, 3.8) is 0 Å². The molecule has 4 rings (SSSR count). The number of phenols is 1. The van der Waals surface area contributed by atoms with Gasteiger partial charge in [-0.25, -0.2) is 0 Å². The summed E-state index contributed by atoms with van der Waals surface area (Å²) >= 11 is 6.06. The molecule has 1 unspecified atom stereocenters. The van der Waals surface area contributed by atoms with E-state index in [1.54, 1.807) is 12.3 Å². The van der Waals surface area contributed by atoms with E-state index in [1.807, 2.05) is 36.4 Å². The highest BCUT2D eigenvalue weighted by atomic mass is 35.5. The fourth-order valence-corrected chi connectivity index (χ4v) is 3.76. The number of nitrogens with zero attached hydrogens (tertiary/aromatic N) is 2. The average molecular weight is 384 g/mol. The van der Waals surface area contributed by atoms with Crippen LogP contribution in [0.5, 0.6) is 5.75 Å². The van der Waals surface area contributed by atoms with Crippen LogP contribution < -0.4 is 5.32 Å². The van der Waals surface area contributed by atoms with Crippen molar-refractivity contribution in [2.45, 2.75) is 25.5 Å². The minimum absolute atomic E-state index is 0.270. The Hall–Kier alpha value is -2.34. The standard InChI is InChI=1S/C21H22ClN3O2/c22-15-3-5-18-19(7-8-23-20(18)11-15)24-16-4-6-21(27)14(10-16)12-25-9-1-2-17(26)13-25/h3-8,10-11,17,26-27H,1-2,9,12-13H2,(H,23,24). The predicted octanol–water partition coefficient (Wildman–Crippen LogP) is 4.29. The molecule has 27 heavy (non-hydrogen) atoms. The third-order valence-corrected chi connectivity index (χ3v) is 5.17. The largest absolute Gasteiger partial charge is 0.508 e. The lowest BCUT2D eigenvalue weighted by atomic mass is 10.1. The number of likely N-dealkylation sites (tertiary alicyclic amines) is 1. The van der Waals surface area contributed by atoms with Gasteiger partial charge in [0.1, 0.15) is 5.75 Å². The molecule has 2 heterocycles. The number of anilines is 2. The lowest BCUT2D eigenvalue weighted by Gasteiger charge is -2.30. The predicted molar refractivity (Wildman–Crippen MR) is 109 cm³/mol. The number of aromatic hydroxyl groups is 1. The maximum atomic E-state index is 10.3. The number of aromatic nitrogens is 1. The number of nitrogens with one attached hydrogen (secondary N) is 1. The molecule has 2 aromatic carbocycles. The Kier molecular flexibility index (Phi) is 5.16. The van der Waals surface area contributed by atoms with Crippen molar-refractivity contribution in [2.24, 2.45) is 0 Å². The Labute approximate surface area is 163 Å². The van der Waals surface area contributed by atoms with E-state index in [-0.39, 0.29) is 11.9 Å². The molecule has 6 heteroatoms. The van der Waals surface area contributed by atoms with E-state index in [1.165, 1.54) is 0 Å². The number of phenolic OH excluding ortho intramolecular Hbond substituents is 1. The minimum atomic E-state index is -0.280. The molecule has 3 aromatic rings. The zero-order valence-corrected chi connectivity index (χ0v) is 15.7. The van der Waals surface area contributed by atoms with Crippen LogP contribution in [0.25, 0.3) is 10.9 Å². The summed E-state index contributed by atoms with van der Waals surface area (Å²) in [5.41, 5.74) is 3.49. The molecule has 1 saturated heterocycles. The number of hydrogen-bond donors (Lipinski definition) is 3. The van der Waals surface area contributed by atoms with Crippen LogP contribution in [-0.2, 0) is 6.54 Å². The number of halogens is 1. The third-order valence-electron chi connectivity index (χ3n) is 4.94. The Morgan fingerprint density at radius 1 is 1.19 bits per heavy atom. The lowest BCUT2D eigenvalue weighted by molar-refractivity contribution is 0.0664. The number of pyridine rings is 1. The highest BCUT2D eigenvalue weighted by Gasteiger charge is 2.19. The summed E-state index contributed by atoms with van der Waals surface area (Å²) in [6.07, 6.45) is 3.30. The highest BCUT2D eigenvalue weighted by molar-refractivity contribution is 6.31. The van der Waals surface area contributed by atoms with Gasteiger partial charge >= 0.3 is 0 Å². The van der Waals surface area contributed by atoms with Crippen molar-refractivity contribution >= 4 is 33.9 Å². The van der Waals surface area contributed by atoms with Gasteiger partial charge in [0.15, 0.2) is 0 Å². The van der Waals surface area contributed by atoms with Gasteiger partial charge in [-0.05, 0) is 61.9 Å². The molecule has 140 valence electrons. The van der Waals surface area contributed by atoms with Gasteiger partial charge in [0, 0.05) is 46.6 Å². The van der Waals surface area contributed by atoms with Crippen LogP contribution in [-0.4, -0.2) is 39.3 Å². The van der Waals surface area contributed by atoms with Gasteiger partial charge in [-0.3, -0.25) is 9.88 Å². The fraction of sp³-hybridized carbons (Fsp3) is 0.286. The van der Waals surface area contributed by atoms with Crippen LogP contribution in [0.15, 0.2) is 48.7 Å². The molecule has 5 nitrogen and oxygen atoms in total. The quantitative estimate of drug-likeness (QED) is 0.586. The SMILES string of the molecule is Oc1ccc(Nc2ccnc3cc(Cl)ccc23)cc1CN1CCCC(O)C1. The van der Waals surface area contributed by atoms with Crippen LogP contribution >= 0.6 is 11.6 Å². The first-order chi connectivity index (χ1) is 13.1. The zero-order chi connectivity index (χ0) is 18.8. The molecule has 0 aliphatic carbocycles. The highest BCUT2D eigenvalue weighted by Crippen LogP contribution is 2.30. The summed E-state index contributed by atoms with van der Waals surface area (Å²) in [6, 6.07) is 13.1. The summed E-state index contributed by atoms with van der Waals surface area (Å²) in [5, 5.41) is 25.2. The second-order valence-corrected chi connectivity index (χ2v) is 7.46. The zero-order valence-electron chi connectivity index (χ0n) is 14.9. The first-order valence-corrected chi connectivity index (χ1v) is 9.50. The number of benzene rings is 2. The van der Waals surface area contributed by atoms with E-state index in [9.17, 15) is 10.2 Å². The van der Waals surface area contributed by atoms with Crippen LogP contribution in [0.1, 0.15) is 18.4 Å². The number of piperidine rings is 1. The maximum Gasteiger partial charge on any atom is 0.120 e. The van der Waals surface area contributed by atoms with Crippen LogP contribution in [0.3, 0.4) is 0 Å². The fourth-order valence-electron chi connectivity index (χ4n) is 3.59. The maximum absolute atomic E-state index is 10.3. The van der Waals surface area contributed by atoms with Crippen molar-refractivity contribution in [1.29, 1.82) is 0 Å². The van der Waals surface area contributed by atoms with Crippen molar-refractivity contribution in [1.82, 2.24) is 9.88 Å². The van der Waals surface area contributed by atoms with Gasteiger partial charge in [0.2, 0.25) is 0 Å².